The summed E-state index contributed by atoms with van der Waals surface area (Å²) in [6.07, 6.45) is 4.07. The fourth-order valence-corrected chi connectivity index (χ4v) is 1.16. The molecule has 1 aromatic rings. The van der Waals surface area contributed by atoms with Crippen molar-refractivity contribution in [3.05, 3.63) is 18.0 Å². The van der Waals surface area contributed by atoms with Crippen molar-refractivity contribution >= 4 is 5.57 Å². The smallest absolute Gasteiger partial charge is 0.110 e. The van der Waals surface area contributed by atoms with Crippen molar-refractivity contribution in [2.45, 2.75) is 0 Å². The Morgan fingerprint density at radius 3 is 3.09 bits per heavy atom. The van der Waals surface area contributed by atoms with E-state index in [1.54, 1.807) is 4.68 Å². The van der Waals surface area contributed by atoms with Gasteiger partial charge in [0, 0.05) is 20.1 Å². The van der Waals surface area contributed by atoms with Crippen LogP contribution in [0.25, 0.3) is 5.57 Å². The second-order valence-electron chi connectivity index (χ2n) is 2.64. The van der Waals surface area contributed by atoms with Crippen LogP contribution in [-0.2, 0) is 7.05 Å². The number of rotatable bonds is 1. The fourth-order valence-electron chi connectivity index (χ4n) is 1.16. The number of nitrogens with one attached hydrogen (secondary N) is 1. The maximum atomic E-state index is 4.00. The standard InChI is InChI=1S/C7H10N4/c1-11-5-7(9-10-11)6-2-3-8-4-6/h2,5,8H,3-4H2,1H3. The molecule has 0 aliphatic carbocycles. The van der Waals surface area contributed by atoms with Crippen LogP contribution in [0.1, 0.15) is 5.69 Å². The minimum absolute atomic E-state index is 0.915. The van der Waals surface area contributed by atoms with Crippen LogP contribution >= 0.6 is 0 Å². The molecule has 1 aromatic heterocycles. The molecular formula is C7H10N4. The van der Waals surface area contributed by atoms with E-state index in [4.69, 9.17) is 0 Å². The maximum Gasteiger partial charge on any atom is 0.110 e. The number of aromatic nitrogens is 3. The lowest BCUT2D eigenvalue weighted by molar-refractivity contribution is 0.714. The van der Waals surface area contributed by atoms with Crippen LogP contribution in [0.2, 0.25) is 0 Å². The molecule has 0 amide bonds. The Morgan fingerprint density at radius 2 is 2.55 bits per heavy atom. The fraction of sp³-hybridized carbons (Fsp3) is 0.429. The third-order valence-corrected chi connectivity index (χ3v) is 1.74. The summed E-state index contributed by atoms with van der Waals surface area (Å²) in [5, 5.41) is 11.1. The van der Waals surface area contributed by atoms with E-state index in [2.05, 4.69) is 21.7 Å². The molecule has 1 N–H and O–H groups in total. The SMILES string of the molecule is Cn1cc(C2=CCNC2)nn1. The summed E-state index contributed by atoms with van der Waals surface area (Å²) >= 11 is 0. The van der Waals surface area contributed by atoms with Gasteiger partial charge in [-0.3, -0.25) is 4.68 Å². The monoisotopic (exact) mass is 150 g/mol. The highest BCUT2D eigenvalue weighted by Crippen LogP contribution is 2.11. The van der Waals surface area contributed by atoms with E-state index >= 15 is 0 Å². The highest BCUT2D eigenvalue weighted by atomic mass is 15.4. The lowest BCUT2D eigenvalue weighted by atomic mass is 10.2. The topological polar surface area (TPSA) is 42.7 Å². The van der Waals surface area contributed by atoms with Gasteiger partial charge in [0.25, 0.3) is 0 Å². The van der Waals surface area contributed by atoms with Gasteiger partial charge in [-0.2, -0.15) is 0 Å². The van der Waals surface area contributed by atoms with Crippen molar-refractivity contribution < 1.29 is 0 Å². The van der Waals surface area contributed by atoms with E-state index in [-0.39, 0.29) is 0 Å². The highest BCUT2D eigenvalue weighted by molar-refractivity contribution is 5.65. The summed E-state index contributed by atoms with van der Waals surface area (Å²) in [4.78, 5) is 0. The first-order valence-corrected chi connectivity index (χ1v) is 3.63. The molecule has 0 saturated heterocycles. The van der Waals surface area contributed by atoms with Crippen molar-refractivity contribution in [3.63, 3.8) is 0 Å². The molecule has 0 fully saturated rings. The number of hydrogen-bond donors (Lipinski definition) is 1. The molecule has 0 spiro atoms. The van der Waals surface area contributed by atoms with E-state index in [0.29, 0.717) is 0 Å². The van der Waals surface area contributed by atoms with Gasteiger partial charge in [-0.25, -0.2) is 0 Å². The van der Waals surface area contributed by atoms with Crippen molar-refractivity contribution in [2.75, 3.05) is 13.1 Å². The van der Waals surface area contributed by atoms with Crippen molar-refractivity contribution in [3.8, 4) is 0 Å². The molecule has 0 unspecified atom stereocenters. The summed E-state index contributed by atoms with van der Waals surface area (Å²) in [5.74, 6) is 0. The molecule has 0 aromatic carbocycles. The predicted octanol–water partition coefficient (Wildman–Crippen LogP) is -0.198. The number of hydrogen-bond acceptors (Lipinski definition) is 3. The first kappa shape index (κ1) is 6.54. The molecule has 11 heavy (non-hydrogen) atoms. The number of nitrogens with zero attached hydrogens (tertiary/aromatic N) is 3. The second kappa shape index (κ2) is 2.47. The lowest BCUT2D eigenvalue weighted by Gasteiger charge is -1.91. The first-order valence-electron chi connectivity index (χ1n) is 3.63. The zero-order chi connectivity index (χ0) is 7.68. The van der Waals surface area contributed by atoms with Gasteiger partial charge in [0.05, 0.1) is 6.20 Å². The van der Waals surface area contributed by atoms with Crippen LogP contribution < -0.4 is 5.32 Å². The molecule has 1 aliphatic rings. The van der Waals surface area contributed by atoms with E-state index in [9.17, 15) is 0 Å². The molecule has 58 valence electrons. The van der Waals surface area contributed by atoms with E-state index in [0.717, 1.165) is 18.8 Å². The Bertz CT molecular complexity index is 286. The Morgan fingerprint density at radius 1 is 1.64 bits per heavy atom. The molecule has 4 heteroatoms. The van der Waals surface area contributed by atoms with Crippen LogP contribution in [0.15, 0.2) is 12.3 Å². The quantitative estimate of drug-likeness (QED) is 0.603. The van der Waals surface area contributed by atoms with Crippen molar-refractivity contribution in [1.29, 1.82) is 0 Å². The molecule has 0 bridgehead atoms. The Labute approximate surface area is 64.9 Å². The van der Waals surface area contributed by atoms with Gasteiger partial charge in [-0.1, -0.05) is 11.3 Å². The van der Waals surface area contributed by atoms with Gasteiger partial charge >= 0.3 is 0 Å². The Balaban J connectivity index is 2.28. The minimum Gasteiger partial charge on any atom is -0.309 e. The molecule has 0 atom stereocenters. The van der Waals surface area contributed by atoms with Crippen LogP contribution in [0.3, 0.4) is 0 Å². The molecular weight excluding hydrogens is 140 g/mol. The largest absolute Gasteiger partial charge is 0.309 e. The van der Waals surface area contributed by atoms with Crippen LogP contribution in [0, 0.1) is 0 Å². The van der Waals surface area contributed by atoms with Crippen LogP contribution in [-0.4, -0.2) is 28.1 Å². The molecule has 0 radical (unpaired) electrons. The van der Waals surface area contributed by atoms with Gasteiger partial charge < -0.3 is 5.32 Å². The average molecular weight is 150 g/mol. The molecule has 2 rings (SSSR count). The van der Waals surface area contributed by atoms with E-state index in [1.807, 2.05) is 13.2 Å². The summed E-state index contributed by atoms with van der Waals surface area (Å²) in [5.41, 5.74) is 2.23. The van der Waals surface area contributed by atoms with Crippen molar-refractivity contribution in [2.24, 2.45) is 7.05 Å². The third-order valence-electron chi connectivity index (χ3n) is 1.74. The average Bonchev–Trinajstić information content (AvgIpc) is 2.55. The van der Waals surface area contributed by atoms with E-state index in [1.165, 1.54) is 5.57 Å². The summed E-state index contributed by atoms with van der Waals surface area (Å²) in [6, 6.07) is 0. The summed E-state index contributed by atoms with van der Waals surface area (Å²) in [6.45, 7) is 1.87. The number of aryl methyl sites for hydroxylation is 1. The minimum atomic E-state index is 0.915. The van der Waals surface area contributed by atoms with Crippen molar-refractivity contribution in [1.82, 2.24) is 20.3 Å². The predicted molar refractivity (Wildman–Crippen MR) is 41.8 cm³/mol. The second-order valence-corrected chi connectivity index (χ2v) is 2.64. The van der Waals surface area contributed by atoms with Gasteiger partial charge in [-0.05, 0) is 5.57 Å². The van der Waals surface area contributed by atoms with Crippen LogP contribution in [0.5, 0.6) is 0 Å². The Hall–Kier alpha value is -1.16. The maximum absolute atomic E-state index is 4.00. The molecule has 2 heterocycles. The Kier molecular flexibility index (Phi) is 1.47. The van der Waals surface area contributed by atoms with E-state index < -0.39 is 0 Å². The molecule has 1 aliphatic heterocycles. The van der Waals surface area contributed by atoms with Gasteiger partial charge in [-0.15, -0.1) is 5.10 Å². The third kappa shape index (κ3) is 1.17. The van der Waals surface area contributed by atoms with Gasteiger partial charge in [0.15, 0.2) is 0 Å². The molecule has 4 nitrogen and oxygen atoms in total. The highest BCUT2D eigenvalue weighted by Gasteiger charge is 2.08. The zero-order valence-corrected chi connectivity index (χ0v) is 6.41. The summed E-state index contributed by atoms with van der Waals surface area (Å²) in [7, 11) is 1.87. The zero-order valence-electron chi connectivity index (χ0n) is 6.41. The molecule has 0 saturated carbocycles. The van der Waals surface area contributed by atoms with Gasteiger partial charge in [0.1, 0.15) is 5.69 Å². The van der Waals surface area contributed by atoms with Crippen LogP contribution in [0.4, 0.5) is 0 Å². The summed E-state index contributed by atoms with van der Waals surface area (Å²) < 4.78 is 1.72. The first-order chi connectivity index (χ1) is 5.36. The van der Waals surface area contributed by atoms with Gasteiger partial charge in [0.2, 0.25) is 0 Å². The normalized spacial score (nSPS) is 17.0. The lowest BCUT2D eigenvalue weighted by Crippen LogP contribution is -2.07.